The fourth-order valence-corrected chi connectivity index (χ4v) is 1.60. The second kappa shape index (κ2) is 4.57. The molecule has 0 saturated heterocycles. The minimum absolute atomic E-state index is 0.00120. The molecular formula is C9H9IO2. The number of benzene rings is 1. The molecule has 0 unspecified atom stereocenters. The van der Waals surface area contributed by atoms with Crippen molar-refractivity contribution in [2.75, 3.05) is 7.11 Å². The lowest BCUT2D eigenvalue weighted by molar-refractivity contribution is -0.118. The van der Waals surface area contributed by atoms with Crippen LogP contribution in [0.1, 0.15) is 11.7 Å². The molecule has 0 aliphatic rings. The zero-order valence-corrected chi connectivity index (χ0v) is 8.82. The van der Waals surface area contributed by atoms with Crippen LogP contribution in [0.25, 0.3) is 0 Å². The second-order valence-corrected chi connectivity index (χ2v) is 3.39. The Kier molecular flexibility index (Phi) is 3.68. The van der Waals surface area contributed by atoms with Crippen LogP contribution in [0, 0.1) is 0 Å². The van der Waals surface area contributed by atoms with E-state index in [0.717, 1.165) is 5.56 Å². The summed E-state index contributed by atoms with van der Waals surface area (Å²) in [6.07, 6.45) is -0.424. The van der Waals surface area contributed by atoms with E-state index in [1.807, 2.05) is 30.3 Å². The van der Waals surface area contributed by atoms with Crippen LogP contribution in [0.2, 0.25) is 0 Å². The zero-order valence-electron chi connectivity index (χ0n) is 6.66. The third-order valence-corrected chi connectivity index (χ3v) is 2.11. The molecule has 64 valence electrons. The highest BCUT2D eigenvalue weighted by Crippen LogP contribution is 2.19. The van der Waals surface area contributed by atoms with Crippen LogP contribution < -0.4 is 0 Å². The molecule has 1 atom stereocenters. The SMILES string of the molecule is CO[C@@H](C(=O)I)c1ccccc1. The van der Waals surface area contributed by atoms with E-state index in [4.69, 9.17) is 4.74 Å². The molecule has 0 heterocycles. The summed E-state index contributed by atoms with van der Waals surface area (Å²) in [6, 6.07) is 9.45. The Morgan fingerprint density at radius 1 is 1.42 bits per heavy atom. The van der Waals surface area contributed by atoms with Crippen LogP contribution in [-0.2, 0) is 9.53 Å². The summed E-state index contributed by atoms with van der Waals surface area (Å²) in [5.41, 5.74) is 0.902. The number of carbonyl (C=O) groups excluding carboxylic acids is 1. The van der Waals surface area contributed by atoms with E-state index < -0.39 is 6.10 Å². The summed E-state index contributed by atoms with van der Waals surface area (Å²) in [6.45, 7) is 0. The standard InChI is InChI=1S/C9H9IO2/c1-12-8(9(10)11)7-5-3-2-4-6-7/h2-6,8H,1H3/t8-/m1/s1. The molecule has 0 spiro atoms. The predicted octanol–water partition coefficient (Wildman–Crippen LogP) is 2.34. The van der Waals surface area contributed by atoms with Gasteiger partial charge in [-0.2, -0.15) is 0 Å². The summed E-state index contributed by atoms with van der Waals surface area (Å²) in [5.74, 6) is 0. The van der Waals surface area contributed by atoms with E-state index in [0.29, 0.717) is 0 Å². The van der Waals surface area contributed by atoms with Gasteiger partial charge >= 0.3 is 0 Å². The molecule has 1 aromatic carbocycles. The molecule has 1 rings (SSSR count). The van der Waals surface area contributed by atoms with Crippen molar-refractivity contribution in [3.8, 4) is 0 Å². The quantitative estimate of drug-likeness (QED) is 0.625. The van der Waals surface area contributed by atoms with Gasteiger partial charge in [-0.3, -0.25) is 4.79 Å². The summed E-state index contributed by atoms with van der Waals surface area (Å²) in [5, 5.41) is 0. The lowest BCUT2D eigenvalue weighted by Crippen LogP contribution is -2.07. The minimum Gasteiger partial charge on any atom is -0.368 e. The van der Waals surface area contributed by atoms with Gasteiger partial charge in [-0.05, 0) is 5.56 Å². The van der Waals surface area contributed by atoms with Crippen molar-refractivity contribution in [3.63, 3.8) is 0 Å². The highest BCUT2D eigenvalue weighted by atomic mass is 127. The second-order valence-electron chi connectivity index (χ2n) is 2.33. The predicted molar refractivity (Wildman–Crippen MR) is 55.2 cm³/mol. The highest BCUT2D eigenvalue weighted by Gasteiger charge is 2.15. The molecule has 0 fully saturated rings. The molecule has 0 amide bonds. The number of ether oxygens (including phenoxy) is 1. The van der Waals surface area contributed by atoms with Crippen molar-refractivity contribution < 1.29 is 9.53 Å². The molecule has 1 aromatic rings. The van der Waals surface area contributed by atoms with Gasteiger partial charge in [0.1, 0.15) is 0 Å². The molecule has 0 bridgehead atoms. The molecule has 0 N–H and O–H groups in total. The van der Waals surface area contributed by atoms with Crippen molar-refractivity contribution in [2.45, 2.75) is 6.10 Å². The molecule has 0 aliphatic heterocycles. The first-order valence-electron chi connectivity index (χ1n) is 3.53. The number of halogens is 1. The molecule has 0 aromatic heterocycles. The average molecular weight is 276 g/mol. The Morgan fingerprint density at radius 3 is 2.42 bits per heavy atom. The fraction of sp³-hybridized carbons (Fsp3) is 0.222. The van der Waals surface area contributed by atoms with E-state index in [2.05, 4.69) is 0 Å². The highest BCUT2D eigenvalue weighted by molar-refractivity contribution is 14.1. The molecular weight excluding hydrogens is 267 g/mol. The summed E-state index contributed by atoms with van der Waals surface area (Å²) < 4.78 is 5.04. The van der Waals surface area contributed by atoms with E-state index in [1.54, 1.807) is 22.6 Å². The van der Waals surface area contributed by atoms with Crippen molar-refractivity contribution in [2.24, 2.45) is 0 Å². The van der Waals surface area contributed by atoms with Gasteiger partial charge in [0.05, 0.1) is 0 Å². The number of hydrogen-bond acceptors (Lipinski definition) is 2. The topological polar surface area (TPSA) is 26.3 Å². The van der Waals surface area contributed by atoms with Gasteiger partial charge in [0.15, 0.2) is 6.10 Å². The first-order chi connectivity index (χ1) is 5.75. The summed E-state index contributed by atoms with van der Waals surface area (Å²) >= 11 is 1.74. The van der Waals surface area contributed by atoms with E-state index in [-0.39, 0.29) is 3.79 Å². The smallest absolute Gasteiger partial charge is 0.225 e. The number of carbonyl (C=O) groups is 1. The normalized spacial score (nSPS) is 12.5. The molecule has 3 heteroatoms. The van der Waals surface area contributed by atoms with Gasteiger partial charge in [0.2, 0.25) is 3.79 Å². The number of methoxy groups -OCH3 is 1. The first kappa shape index (κ1) is 9.67. The monoisotopic (exact) mass is 276 g/mol. The molecule has 0 saturated carbocycles. The third-order valence-electron chi connectivity index (χ3n) is 1.54. The largest absolute Gasteiger partial charge is 0.368 e. The van der Waals surface area contributed by atoms with Crippen molar-refractivity contribution >= 4 is 26.4 Å². The average Bonchev–Trinajstić information content (AvgIpc) is 2.07. The maximum absolute atomic E-state index is 11.0. The van der Waals surface area contributed by atoms with Crippen LogP contribution in [0.4, 0.5) is 0 Å². The fourth-order valence-electron chi connectivity index (χ4n) is 0.988. The van der Waals surface area contributed by atoms with Crippen LogP contribution in [-0.4, -0.2) is 10.9 Å². The maximum Gasteiger partial charge on any atom is 0.225 e. The van der Waals surface area contributed by atoms with Crippen LogP contribution in [0.15, 0.2) is 30.3 Å². The molecule has 2 nitrogen and oxygen atoms in total. The Bertz CT molecular complexity index is 258. The number of hydrogen-bond donors (Lipinski definition) is 0. The van der Waals surface area contributed by atoms with Gasteiger partial charge in [-0.15, -0.1) is 0 Å². The van der Waals surface area contributed by atoms with Crippen LogP contribution >= 0.6 is 22.6 Å². The summed E-state index contributed by atoms with van der Waals surface area (Å²) in [4.78, 5) is 11.0. The van der Waals surface area contributed by atoms with E-state index >= 15 is 0 Å². The van der Waals surface area contributed by atoms with Crippen molar-refractivity contribution in [1.29, 1.82) is 0 Å². The van der Waals surface area contributed by atoms with Gasteiger partial charge in [0, 0.05) is 29.7 Å². The van der Waals surface area contributed by atoms with E-state index in [9.17, 15) is 4.79 Å². The van der Waals surface area contributed by atoms with Crippen molar-refractivity contribution in [3.05, 3.63) is 35.9 Å². The molecule has 0 radical (unpaired) electrons. The van der Waals surface area contributed by atoms with Crippen LogP contribution in [0.3, 0.4) is 0 Å². The Labute approximate surface area is 85.1 Å². The van der Waals surface area contributed by atoms with Gasteiger partial charge < -0.3 is 4.74 Å². The molecule has 0 aliphatic carbocycles. The van der Waals surface area contributed by atoms with Gasteiger partial charge in [0.25, 0.3) is 0 Å². The Balaban J connectivity index is 2.88. The molecule has 12 heavy (non-hydrogen) atoms. The first-order valence-corrected chi connectivity index (χ1v) is 4.60. The number of rotatable bonds is 3. The van der Waals surface area contributed by atoms with E-state index in [1.165, 1.54) is 7.11 Å². The van der Waals surface area contributed by atoms with Crippen LogP contribution in [0.5, 0.6) is 0 Å². The Hall–Kier alpha value is -0.420. The Morgan fingerprint density at radius 2 is 2.00 bits per heavy atom. The van der Waals surface area contributed by atoms with Gasteiger partial charge in [-0.1, -0.05) is 30.3 Å². The zero-order chi connectivity index (χ0) is 8.97. The van der Waals surface area contributed by atoms with Gasteiger partial charge in [-0.25, -0.2) is 0 Å². The lowest BCUT2D eigenvalue weighted by atomic mass is 10.1. The van der Waals surface area contributed by atoms with Crippen molar-refractivity contribution in [1.82, 2.24) is 0 Å². The maximum atomic E-state index is 11.0. The third kappa shape index (κ3) is 2.28. The summed E-state index contributed by atoms with van der Waals surface area (Å²) in [7, 11) is 1.54. The lowest BCUT2D eigenvalue weighted by Gasteiger charge is -2.09. The minimum atomic E-state index is -0.424.